The summed E-state index contributed by atoms with van der Waals surface area (Å²) in [6.45, 7) is 4.24. The van der Waals surface area contributed by atoms with Crippen molar-refractivity contribution in [2.75, 3.05) is 56.5 Å². The summed E-state index contributed by atoms with van der Waals surface area (Å²) >= 11 is 6.02. The molecule has 0 unspecified atom stereocenters. The lowest BCUT2D eigenvalue weighted by molar-refractivity contribution is -0.114. The number of halogens is 1. The molecule has 4 rings (SSSR count). The number of ether oxygens (including phenoxy) is 1. The molecular weight excluding hydrogens is 540 g/mol. The number of likely N-dealkylation sites (N-methyl/N-ethyl adjacent to an activating group) is 1. The molecule has 0 bridgehead atoms. The van der Waals surface area contributed by atoms with Gasteiger partial charge in [-0.25, -0.2) is 8.42 Å². The van der Waals surface area contributed by atoms with Gasteiger partial charge in [-0.3, -0.25) is 13.9 Å². The van der Waals surface area contributed by atoms with E-state index in [1.807, 2.05) is 11.9 Å². The third-order valence-corrected chi connectivity index (χ3v) is 8.54. The van der Waals surface area contributed by atoms with Crippen molar-refractivity contribution in [3.8, 4) is 5.75 Å². The molecule has 0 atom stereocenters. The Morgan fingerprint density at radius 3 is 2.23 bits per heavy atom. The van der Waals surface area contributed by atoms with Crippen LogP contribution in [0.2, 0.25) is 5.02 Å². The van der Waals surface area contributed by atoms with Gasteiger partial charge in [0.2, 0.25) is 5.91 Å². The summed E-state index contributed by atoms with van der Waals surface area (Å²) in [5, 5.41) is 3.17. The highest BCUT2D eigenvalue weighted by molar-refractivity contribution is 7.93. The molecule has 1 aliphatic rings. The number of hydrogen-bond donors (Lipinski definition) is 1. The minimum absolute atomic E-state index is 0.0560. The van der Waals surface area contributed by atoms with Crippen molar-refractivity contribution in [2.24, 2.45) is 0 Å². The van der Waals surface area contributed by atoms with Crippen LogP contribution in [0, 0.1) is 6.92 Å². The quantitative estimate of drug-likeness (QED) is 0.441. The number of aryl methyl sites for hydroxylation is 1. The number of methoxy groups -OCH3 is 1. The number of carbonyl (C=O) groups is 2. The Bertz CT molecular complexity index is 1440. The minimum atomic E-state index is -4.20. The second-order valence-corrected chi connectivity index (χ2v) is 11.6. The summed E-state index contributed by atoms with van der Waals surface area (Å²) in [6.07, 6.45) is 0. The van der Waals surface area contributed by atoms with E-state index in [9.17, 15) is 18.0 Å². The van der Waals surface area contributed by atoms with Gasteiger partial charge in [-0.2, -0.15) is 0 Å². The predicted molar refractivity (Wildman–Crippen MR) is 152 cm³/mol. The normalized spacial score (nSPS) is 14.1. The Labute approximate surface area is 234 Å². The zero-order chi connectivity index (χ0) is 28.2. The molecule has 3 aromatic carbocycles. The zero-order valence-corrected chi connectivity index (χ0v) is 23.6. The molecule has 11 heteroatoms. The van der Waals surface area contributed by atoms with Crippen molar-refractivity contribution in [1.29, 1.82) is 0 Å². The summed E-state index contributed by atoms with van der Waals surface area (Å²) in [7, 11) is -0.789. The Morgan fingerprint density at radius 2 is 1.62 bits per heavy atom. The zero-order valence-electron chi connectivity index (χ0n) is 22.1. The molecule has 1 fully saturated rings. The fraction of sp³-hybridized carbons (Fsp3) is 0.286. The van der Waals surface area contributed by atoms with E-state index in [1.54, 1.807) is 55.5 Å². The van der Waals surface area contributed by atoms with E-state index in [1.165, 1.54) is 25.3 Å². The number of anilines is 2. The van der Waals surface area contributed by atoms with Crippen LogP contribution in [0.1, 0.15) is 15.9 Å². The molecular formula is C28H31ClN4O5S. The van der Waals surface area contributed by atoms with Crippen molar-refractivity contribution in [3.05, 3.63) is 82.9 Å². The van der Waals surface area contributed by atoms with E-state index in [0.29, 0.717) is 29.4 Å². The molecule has 3 aromatic rings. The van der Waals surface area contributed by atoms with E-state index >= 15 is 0 Å². The standard InChI is InChI=1S/C28H31ClN4O5S/c1-20-4-13-25(38-3)26(18-20)39(36,37)33(24-11-7-22(29)8-12-24)19-27(34)30-23-9-5-21(6-10-23)28(35)32-16-14-31(2)15-17-32/h4-13,18H,14-17,19H2,1-3H3,(H,30,34). The summed E-state index contributed by atoms with van der Waals surface area (Å²) in [4.78, 5) is 29.8. The molecule has 0 saturated carbocycles. The molecule has 1 saturated heterocycles. The first-order valence-corrected chi connectivity index (χ1v) is 14.2. The highest BCUT2D eigenvalue weighted by Gasteiger charge is 2.30. The highest BCUT2D eigenvalue weighted by Crippen LogP contribution is 2.31. The van der Waals surface area contributed by atoms with Crippen LogP contribution in [0.25, 0.3) is 0 Å². The van der Waals surface area contributed by atoms with E-state index in [4.69, 9.17) is 16.3 Å². The van der Waals surface area contributed by atoms with Gasteiger partial charge in [0.05, 0.1) is 12.8 Å². The van der Waals surface area contributed by atoms with Crippen molar-refractivity contribution < 1.29 is 22.7 Å². The van der Waals surface area contributed by atoms with Crippen LogP contribution in [-0.4, -0.2) is 76.9 Å². The molecule has 39 heavy (non-hydrogen) atoms. The first-order valence-electron chi connectivity index (χ1n) is 12.4. The number of benzene rings is 3. The Morgan fingerprint density at radius 1 is 0.974 bits per heavy atom. The van der Waals surface area contributed by atoms with Crippen LogP contribution in [0.4, 0.5) is 11.4 Å². The largest absolute Gasteiger partial charge is 0.495 e. The third-order valence-electron chi connectivity index (χ3n) is 6.50. The molecule has 1 heterocycles. The lowest BCUT2D eigenvalue weighted by Gasteiger charge is -2.32. The van der Waals surface area contributed by atoms with Crippen LogP contribution in [-0.2, 0) is 14.8 Å². The fourth-order valence-corrected chi connectivity index (χ4v) is 6.04. The van der Waals surface area contributed by atoms with Gasteiger partial charge in [-0.1, -0.05) is 17.7 Å². The lowest BCUT2D eigenvalue weighted by atomic mass is 10.1. The van der Waals surface area contributed by atoms with Crippen molar-refractivity contribution >= 4 is 44.8 Å². The number of amides is 2. The number of hydrogen-bond acceptors (Lipinski definition) is 6. The fourth-order valence-electron chi connectivity index (χ4n) is 4.25. The maximum Gasteiger partial charge on any atom is 0.268 e. The first kappa shape index (κ1) is 28.4. The van der Waals surface area contributed by atoms with Gasteiger partial charge in [0, 0.05) is 42.5 Å². The first-order chi connectivity index (χ1) is 18.6. The number of carbonyl (C=O) groups excluding carboxylic acids is 2. The average Bonchev–Trinajstić information content (AvgIpc) is 2.92. The molecule has 206 valence electrons. The van der Waals surface area contributed by atoms with Gasteiger partial charge in [-0.15, -0.1) is 0 Å². The Hall–Kier alpha value is -3.60. The Balaban J connectivity index is 1.54. The lowest BCUT2D eigenvalue weighted by Crippen LogP contribution is -2.47. The average molecular weight is 571 g/mol. The number of rotatable bonds is 8. The second kappa shape index (κ2) is 12.1. The van der Waals surface area contributed by atoms with E-state index in [0.717, 1.165) is 23.0 Å². The summed E-state index contributed by atoms with van der Waals surface area (Å²) in [6, 6.07) is 17.6. The molecule has 0 spiro atoms. The summed E-state index contributed by atoms with van der Waals surface area (Å²) in [5.74, 6) is -0.452. The van der Waals surface area contributed by atoms with Crippen LogP contribution < -0.4 is 14.4 Å². The topological polar surface area (TPSA) is 99.3 Å². The monoisotopic (exact) mass is 570 g/mol. The SMILES string of the molecule is COc1ccc(C)cc1S(=O)(=O)N(CC(=O)Nc1ccc(C(=O)N2CCN(C)CC2)cc1)c1ccc(Cl)cc1. The van der Waals surface area contributed by atoms with Crippen LogP contribution in [0.5, 0.6) is 5.75 Å². The van der Waals surface area contributed by atoms with Crippen LogP contribution in [0.3, 0.4) is 0 Å². The minimum Gasteiger partial charge on any atom is -0.495 e. The van der Waals surface area contributed by atoms with Crippen molar-refractivity contribution in [1.82, 2.24) is 9.80 Å². The molecule has 0 radical (unpaired) electrons. The highest BCUT2D eigenvalue weighted by atomic mass is 35.5. The number of piperazine rings is 1. The van der Waals surface area contributed by atoms with Gasteiger partial charge < -0.3 is 19.9 Å². The third kappa shape index (κ3) is 6.70. The number of sulfonamides is 1. The Kier molecular flexibility index (Phi) is 8.79. The molecule has 1 N–H and O–H groups in total. The van der Waals surface area contributed by atoms with Gasteiger partial charge in [0.25, 0.3) is 15.9 Å². The number of nitrogens with one attached hydrogen (secondary N) is 1. The maximum absolute atomic E-state index is 13.8. The van der Waals surface area contributed by atoms with Crippen LogP contribution in [0.15, 0.2) is 71.6 Å². The maximum atomic E-state index is 13.8. The summed E-state index contributed by atoms with van der Waals surface area (Å²) < 4.78 is 34.0. The van der Waals surface area contributed by atoms with E-state index < -0.39 is 22.5 Å². The van der Waals surface area contributed by atoms with Crippen molar-refractivity contribution in [3.63, 3.8) is 0 Å². The van der Waals surface area contributed by atoms with Gasteiger partial charge >= 0.3 is 0 Å². The van der Waals surface area contributed by atoms with E-state index in [-0.39, 0.29) is 22.2 Å². The van der Waals surface area contributed by atoms with Gasteiger partial charge in [-0.05, 0) is 80.2 Å². The molecule has 0 aromatic heterocycles. The molecule has 2 amide bonds. The van der Waals surface area contributed by atoms with Crippen molar-refractivity contribution in [2.45, 2.75) is 11.8 Å². The number of nitrogens with zero attached hydrogens (tertiary/aromatic N) is 3. The second-order valence-electron chi connectivity index (χ2n) is 9.36. The smallest absolute Gasteiger partial charge is 0.268 e. The predicted octanol–water partition coefficient (Wildman–Crippen LogP) is 3.88. The molecule has 0 aliphatic carbocycles. The summed E-state index contributed by atoms with van der Waals surface area (Å²) in [5.41, 5.74) is 1.96. The van der Waals surface area contributed by atoms with E-state index in [2.05, 4.69) is 10.2 Å². The van der Waals surface area contributed by atoms with Gasteiger partial charge in [0.1, 0.15) is 17.2 Å². The van der Waals surface area contributed by atoms with Gasteiger partial charge in [0.15, 0.2) is 0 Å². The molecule has 9 nitrogen and oxygen atoms in total. The molecule has 1 aliphatic heterocycles. The van der Waals surface area contributed by atoms with Crippen LogP contribution >= 0.6 is 11.6 Å².